The minimum Gasteiger partial charge on any atom is -0.387 e. The molecule has 0 radical (unpaired) electrons. The number of carbonyl (C=O) groups is 2. The largest absolute Gasteiger partial charge is 0.387 e. The van der Waals surface area contributed by atoms with Crippen molar-refractivity contribution in [2.24, 2.45) is 0 Å². The van der Waals surface area contributed by atoms with Crippen molar-refractivity contribution in [3.63, 3.8) is 0 Å². The van der Waals surface area contributed by atoms with Gasteiger partial charge in [-0.2, -0.15) is 0 Å². The molecule has 0 saturated carbocycles. The van der Waals surface area contributed by atoms with Crippen molar-refractivity contribution in [3.05, 3.63) is 65.0 Å². The second-order valence-electron chi connectivity index (χ2n) is 5.99. The molecule has 0 atom stereocenters. The Hall–Kier alpha value is -3.19. The van der Waals surface area contributed by atoms with Crippen LogP contribution in [-0.2, 0) is 11.3 Å². The van der Waals surface area contributed by atoms with Crippen molar-refractivity contribution in [1.82, 2.24) is 15.4 Å². The molecule has 1 aromatic carbocycles. The van der Waals surface area contributed by atoms with Gasteiger partial charge in [-0.25, -0.2) is 5.48 Å². The summed E-state index contributed by atoms with van der Waals surface area (Å²) in [7, 11) is 1.70. The summed E-state index contributed by atoms with van der Waals surface area (Å²) in [5.74, 6) is -0.741. The number of pyridine rings is 1. The summed E-state index contributed by atoms with van der Waals surface area (Å²) >= 11 is 0. The quantitative estimate of drug-likeness (QED) is 0.397. The third kappa shape index (κ3) is 5.15. The second kappa shape index (κ2) is 9.49. The van der Waals surface area contributed by atoms with Crippen LogP contribution in [0.5, 0.6) is 0 Å². The van der Waals surface area contributed by atoms with Crippen LogP contribution in [0.3, 0.4) is 0 Å². The van der Waals surface area contributed by atoms with E-state index in [1.54, 1.807) is 42.0 Å². The fraction of sp³-hybridized carbons (Fsp3) is 0.250. The molecule has 0 aliphatic heterocycles. The van der Waals surface area contributed by atoms with Gasteiger partial charge in [0.15, 0.2) is 0 Å². The minimum absolute atomic E-state index is 0.127. The first-order valence-electron chi connectivity index (χ1n) is 8.62. The number of aromatic nitrogens is 1. The number of hydrogen-bond donors (Lipinski definition) is 3. The van der Waals surface area contributed by atoms with Crippen LogP contribution in [0.25, 0.3) is 6.08 Å². The Kier molecular flexibility index (Phi) is 7.08. The van der Waals surface area contributed by atoms with Gasteiger partial charge in [0, 0.05) is 44.3 Å². The van der Waals surface area contributed by atoms with Crippen LogP contribution in [-0.4, -0.2) is 40.5 Å². The van der Waals surface area contributed by atoms with E-state index in [4.69, 9.17) is 5.21 Å². The van der Waals surface area contributed by atoms with E-state index >= 15 is 0 Å². The van der Waals surface area contributed by atoms with Gasteiger partial charge in [-0.1, -0.05) is 0 Å². The van der Waals surface area contributed by atoms with Crippen molar-refractivity contribution in [2.45, 2.75) is 20.4 Å². The highest BCUT2D eigenvalue weighted by Crippen LogP contribution is 2.23. The zero-order valence-corrected chi connectivity index (χ0v) is 15.7. The van der Waals surface area contributed by atoms with E-state index in [1.165, 1.54) is 6.08 Å². The van der Waals surface area contributed by atoms with E-state index < -0.39 is 5.91 Å². The molecular formula is C20H24N4O3. The van der Waals surface area contributed by atoms with Crippen molar-refractivity contribution in [1.29, 1.82) is 0 Å². The molecule has 0 aliphatic carbocycles. The fourth-order valence-corrected chi connectivity index (χ4v) is 2.81. The van der Waals surface area contributed by atoms with E-state index in [2.05, 4.69) is 10.3 Å². The topological polar surface area (TPSA) is 94.6 Å². The van der Waals surface area contributed by atoms with Gasteiger partial charge in [0.1, 0.15) is 0 Å². The molecule has 2 rings (SSSR count). The van der Waals surface area contributed by atoms with Crippen molar-refractivity contribution < 1.29 is 14.8 Å². The van der Waals surface area contributed by atoms with E-state index in [9.17, 15) is 9.59 Å². The molecule has 0 saturated heterocycles. The lowest BCUT2D eigenvalue weighted by Gasteiger charge is -2.19. The number of likely N-dealkylation sites (N-methyl/N-ethyl adjacent to an activating group) is 1. The maximum absolute atomic E-state index is 12.5. The Morgan fingerprint density at radius 2 is 1.96 bits per heavy atom. The first-order chi connectivity index (χ1) is 13.0. The predicted octanol–water partition coefficient (Wildman–Crippen LogP) is 2.61. The molecule has 0 fully saturated rings. The Bertz CT molecular complexity index is 835. The van der Waals surface area contributed by atoms with Crippen LogP contribution < -0.4 is 10.8 Å². The number of amides is 2. The lowest BCUT2D eigenvalue weighted by Crippen LogP contribution is -2.28. The van der Waals surface area contributed by atoms with Crippen LogP contribution in [0.4, 0.5) is 5.69 Å². The average molecular weight is 368 g/mol. The summed E-state index contributed by atoms with van der Waals surface area (Å²) in [5.41, 5.74) is 5.10. The summed E-state index contributed by atoms with van der Waals surface area (Å²) < 4.78 is 0. The molecule has 7 heteroatoms. The molecule has 7 nitrogen and oxygen atoms in total. The van der Waals surface area contributed by atoms with Crippen molar-refractivity contribution in [3.8, 4) is 0 Å². The number of aryl methyl sites for hydroxylation is 1. The third-order valence-electron chi connectivity index (χ3n) is 4.19. The van der Waals surface area contributed by atoms with Gasteiger partial charge >= 0.3 is 0 Å². The standard InChI is InChI=1S/C20H24N4O3/c1-4-24(13-15-7-9-22-10-8-15)18(25)6-5-16-11-14(2)19(21-3)17(12-16)20(26)23-27/h5-12,21,27H,4,13H2,1-3H3,(H,23,26). The van der Waals surface area contributed by atoms with Gasteiger partial charge in [0.05, 0.1) is 5.56 Å². The molecule has 2 amide bonds. The lowest BCUT2D eigenvalue weighted by molar-refractivity contribution is -0.126. The van der Waals surface area contributed by atoms with Crippen molar-refractivity contribution >= 4 is 23.6 Å². The van der Waals surface area contributed by atoms with Gasteiger partial charge in [-0.05, 0) is 60.9 Å². The monoisotopic (exact) mass is 368 g/mol. The molecule has 0 bridgehead atoms. The number of nitrogens with zero attached hydrogens (tertiary/aromatic N) is 2. The maximum Gasteiger partial charge on any atom is 0.276 e. The highest BCUT2D eigenvalue weighted by atomic mass is 16.5. The molecule has 1 heterocycles. The summed E-state index contributed by atoms with van der Waals surface area (Å²) in [6.07, 6.45) is 6.55. The van der Waals surface area contributed by atoms with Gasteiger partial charge in [-0.15, -0.1) is 0 Å². The third-order valence-corrected chi connectivity index (χ3v) is 4.19. The Labute approximate surface area is 158 Å². The highest BCUT2D eigenvalue weighted by molar-refractivity contribution is 6.00. The second-order valence-corrected chi connectivity index (χ2v) is 5.99. The van der Waals surface area contributed by atoms with Crippen LogP contribution in [0, 0.1) is 6.92 Å². The van der Waals surface area contributed by atoms with Gasteiger partial charge in [0.2, 0.25) is 5.91 Å². The smallest absolute Gasteiger partial charge is 0.276 e. The number of anilines is 1. The molecule has 2 aromatic rings. The van der Waals surface area contributed by atoms with E-state index in [1.807, 2.05) is 32.0 Å². The zero-order valence-electron chi connectivity index (χ0n) is 15.7. The average Bonchev–Trinajstić information content (AvgIpc) is 2.69. The number of rotatable bonds is 7. The Balaban J connectivity index is 2.21. The van der Waals surface area contributed by atoms with E-state index in [0.717, 1.165) is 11.1 Å². The fourth-order valence-electron chi connectivity index (χ4n) is 2.81. The van der Waals surface area contributed by atoms with E-state index in [0.29, 0.717) is 29.9 Å². The SMILES string of the molecule is CCN(Cc1ccncc1)C(=O)C=Cc1cc(C)c(NC)c(C(=O)NO)c1. The number of hydrogen-bond acceptors (Lipinski definition) is 5. The van der Waals surface area contributed by atoms with Crippen LogP contribution >= 0.6 is 0 Å². The number of benzene rings is 1. The lowest BCUT2D eigenvalue weighted by atomic mass is 10.0. The predicted molar refractivity (Wildman–Crippen MR) is 104 cm³/mol. The van der Waals surface area contributed by atoms with Gasteiger partial charge in [-0.3, -0.25) is 19.8 Å². The van der Waals surface area contributed by atoms with Crippen LogP contribution in [0.15, 0.2) is 42.7 Å². The molecule has 0 spiro atoms. The number of nitrogens with one attached hydrogen (secondary N) is 2. The number of carbonyl (C=O) groups excluding carboxylic acids is 2. The summed E-state index contributed by atoms with van der Waals surface area (Å²) in [6.45, 7) is 4.84. The molecule has 0 unspecified atom stereocenters. The van der Waals surface area contributed by atoms with Crippen LogP contribution in [0.1, 0.15) is 34.0 Å². The summed E-state index contributed by atoms with van der Waals surface area (Å²) in [6, 6.07) is 7.23. The minimum atomic E-state index is -0.614. The molecule has 3 N–H and O–H groups in total. The summed E-state index contributed by atoms with van der Waals surface area (Å²) in [5, 5.41) is 11.9. The molecule has 0 aliphatic rings. The van der Waals surface area contributed by atoms with E-state index in [-0.39, 0.29) is 5.91 Å². The Morgan fingerprint density at radius 3 is 2.56 bits per heavy atom. The maximum atomic E-state index is 12.5. The first kappa shape index (κ1) is 20.1. The van der Waals surface area contributed by atoms with Crippen molar-refractivity contribution in [2.75, 3.05) is 18.9 Å². The first-order valence-corrected chi connectivity index (χ1v) is 8.62. The molecule has 142 valence electrons. The molecule has 27 heavy (non-hydrogen) atoms. The Morgan fingerprint density at radius 1 is 1.26 bits per heavy atom. The van der Waals surface area contributed by atoms with Gasteiger partial charge in [0.25, 0.3) is 5.91 Å². The number of hydroxylamine groups is 1. The zero-order chi connectivity index (χ0) is 19.8. The van der Waals surface area contributed by atoms with Crippen LogP contribution in [0.2, 0.25) is 0 Å². The summed E-state index contributed by atoms with van der Waals surface area (Å²) in [4.78, 5) is 30.1. The molecular weight excluding hydrogens is 344 g/mol. The highest BCUT2D eigenvalue weighted by Gasteiger charge is 2.14. The normalized spacial score (nSPS) is 10.7. The van der Waals surface area contributed by atoms with Gasteiger partial charge < -0.3 is 10.2 Å². The molecule has 1 aromatic heterocycles.